The van der Waals surface area contributed by atoms with Crippen molar-refractivity contribution in [2.45, 2.75) is 76.1 Å². The topological polar surface area (TPSA) is 104 Å². The van der Waals surface area contributed by atoms with Gasteiger partial charge < -0.3 is 19.7 Å². The molecule has 10 nitrogen and oxygen atoms in total. The van der Waals surface area contributed by atoms with Gasteiger partial charge in [-0.1, -0.05) is 6.07 Å². The van der Waals surface area contributed by atoms with Crippen LogP contribution in [0.25, 0.3) is 16.7 Å². The fourth-order valence-corrected chi connectivity index (χ4v) is 8.29. The molecule has 0 spiro atoms. The Morgan fingerprint density at radius 1 is 0.909 bits per heavy atom. The van der Waals surface area contributed by atoms with E-state index in [9.17, 15) is 13.2 Å². The van der Waals surface area contributed by atoms with E-state index in [-0.39, 0.29) is 22.7 Å². The van der Waals surface area contributed by atoms with Gasteiger partial charge in [-0.3, -0.25) is 9.69 Å². The largest absolute Gasteiger partial charge is 0.371 e. The first-order valence-electron chi connectivity index (χ1n) is 16.1. The van der Waals surface area contributed by atoms with Crippen molar-refractivity contribution in [1.82, 2.24) is 24.3 Å². The lowest BCUT2D eigenvalue weighted by Gasteiger charge is -2.43. The minimum absolute atomic E-state index is 0.110. The Bertz CT molecular complexity index is 1570. The molecule has 0 atom stereocenters. The van der Waals surface area contributed by atoms with E-state index in [2.05, 4.69) is 74.6 Å². The Kier molecular flexibility index (Phi) is 8.63. The molecular weight excluding hydrogens is 574 g/mol. The first-order chi connectivity index (χ1) is 21.0. The molecule has 0 unspecified atom stereocenters. The van der Waals surface area contributed by atoms with Crippen molar-refractivity contribution in [1.29, 1.82) is 0 Å². The molecular formula is C33H47N7O3S. The molecule has 3 aliphatic rings. The molecule has 1 N–H and O–H groups in total. The van der Waals surface area contributed by atoms with Crippen LogP contribution in [0.2, 0.25) is 0 Å². The van der Waals surface area contributed by atoms with Crippen LogP contribution >= 0.6 is 0 Å². The zero-order valence-electron chi connectivity index (χ0n) is 26.6. The molecule has 2 aromatic heterocycles. The number of piperazine rings is 1. The second-order valence-corrected chi connectivity index (χ2v) is 16.2. The minimum Gasteiger partial charge on any atom is -0.371 e. The number of hydrogen-bond acceptors (Lipinski definition) is 8. The van der Waals surface area contributed by atoms with Crippen LogP contribution in [0.5, 0.6) is 0 Å². The maximum atomic E-state index is 13.3. The van der Waals surface area contributed by atoms with Gasteiger partial charge in [0, 0.05) is 86.5 Å². The monoisotopic (exact) mass is 621 g/mol. The number of benzene rings is 1. The summed E-state index contributed by atoms with van der Waals surface area (Å²) in [6, 6.07) is 10.6. The maximum absolute atomic E-state index is 13.3. The second-order valence-electron chi connectivity index (χ2n) is 13.8. The number of nitrogens with one attached hydrogen (secondary N) is 1. The quantitative estimate of drug-likeness (QED) is 0.434. The number of carbonyl (C=O) groups is 1. The molecule has 3 aromatic rings. The molecule has 0 bridgehead atoms. The number of nitrogens with zero attached hydrogens (tertiary/aromatic N) is 6. The number of rotatable bonds is 6. The van der Waals surface area contributed by atoms with Crippen LogP contribution < -0.4 is 10.2 Å². The molecule has 3 fully saturated rings. The molecule has 0 radical (unpaired) electrons. The molecule has 1 saturated carbocycles. The highest BCUT2D eigenvalue weighted by atomic mass is 32.2. The van der Waals surface area contributed by atoms with E-state index < -0.39 is 9.84 Å². The highest BCUT2D eigenvalue weighted by Crippen LogP contribution is 2.33. The Labute approximate surface area is 261 Å². The Hall–Kier alpha value is -3.18. The third-order valence-corrected chi connectivity index (χ3v) is 11.6. The maximum Gasteiger partial charge on any atom is 0.225 e. The number of amides is 1. The van der Waals surface area contributed by atoms with E-state index in [1.54, 1.807) is 6.20 Å². The van der Waals surface area contributed by atoms with Gasteiger partial charge in [0.25, 0.3) is 0 Å². The molecule has 6 rings (SSSR count). The molecule has 238 valence electrons. The van der Waals surface area contributed by atoms with Gasteiger partial charge in [-0.2, -0.15) is 4.98 Å². The fraction of sp³-hybridized carbons (Fsp3) is 0.606. The smallest absolute Gasteiger partial charge is 0.225 e. The lowest BCUT2D eigenvalue weighted by Crippen LogP contribution is -2.55. The van der Waals surface area contributed by atoms with Crippen LogP contribution in [-0.4, -0.2) is 101 Å². The summed E-state index contributed by atoms with van der Waals surface area (Å²) >= 11 is 0. The van der Waals surface area contributed by atoms with E-state index in [1.165, 1.54) is 6.26 Å². The second kappa shape index (κ2) is 12.3. The van der Waals surface area contributed by atoms with Crippen LogP contribution in [0, 0.1) is 5.92 Å². The van der Waals surface area contributed by atoms with E-state index >= 15 is 0 Å². The Morgan fingerprint density at radius 3 is 2.27 bits per heavy atom. The first kappa shape index (κ1) is 30.8. The molecule has 4 heterocycles. The Morgan fingerprint density at radius 2 is 1.61 bits per heavy atom. The number of piperidine rings is 1. The van der Waals surface area contributed by atoms with Gasteiger partial charge in [0.15, 0.2) is 0 Å². The average molecular weight is 622 g/mol. The SMILES string of the molecule is CC(C)(C)N1CCN(C(=O)[C@H]2CC[C@H](Nc3nccc(-n4ccc5c(N6CCC(S(C)(=O)=O)CC6)cccc54)n3)CC2)CC1. The third kappa shape index (κ3) is 6.59. The number of carbonyl (C=O) groups excluding carboxylic acids is 1. The lowest BCUT2D eigenvalue weighted by molar-refractivity contribution is -0.139. The number of sulfone groups is 1. The summed E-state index contributed by atoms with van der Waals surface area (Å²) in [5.74, 6) is 1.84. The molecule has 1 aliphatic carbocycles. The van der Waals surface area contributed by atoms with Gasteiger partial charge in [0.05, 0.1) is 10.8 Å². The summed E-state index contributed by atoms with van der Waals surface area (Å²) in [5, 5.41) is 4.42. The van der Waals surface area contributed by atoms with E-state index in [0.29, 0.717) is 24.7 Å². The summed E-state index contributed by atoms with van der Waals surface area (Å²) in [6.45, 7) is 11.7. The van der Waals surface area contributed by atoms with E-state index in [1.807, 2.05) is 12.3 Å². The van der Waals surface area contributed by atoms with Gasteiger partial charge >= 0.3 is 0 Å². The van der Waals surface area contributed by atoms with Crippen molar-refractivity contribution in [2.75, 3.05) is 55.7 Å². The number of aromatic nitrogens is 3. The standard InChI is InChI=1S/C33H47N7O3S/c1-33(2,3)39-22-20-38(21-23-39)31(41)24-8-10-25(11-9-24)35-32-34-16-12-30(36-32)40-19-15-27-28(6-5-7-29(27)40)37-17-13-26(14-18-37)44(4,42)43/h5-7,12,15-16,19,24-26H,8-11,13-14,17-18,20-23H2,1-4H3,(H,34,35,36)/t24-,25-. The van der Waals surface area contributed by atoms with Crippen LogP contribution in [0.3, 0.4) is 0 Å². The van der Waals surface area contributed by atoms with Crippen molar-refractivity contribution < 1.29 is 13.2 Å². The minimum atomic E-state index is -3.01. The zero-order chi connectivity index (χ0) is 31.1. The average Bonchev–Trinajstić information content (AvgIpc) is 3.45. The van der Waals surface area contributed by atoms with Crippen molar-refractivity contribution in [3.8, 4) is 5.82 Å². The van der Waals surface area contributed by atoms with Crippen LogP contribution in [0.4, 0.5) is 11.6 Å². The zero-order valence-corrected chi connectivity index (χ0v) is 27.4. The molecule has 11 heteroatoms. The lowest BCUT2D eigenvalue weighted by atomic mass is 9.85. The first-order valence-corrected chi connectivity index (χ1v) is 18.1. The predicted octanol–water partition coefficient (Wildman–Crippen LogP) is 4.35. The van der Waals surface area contributed by atoms with E-state index in [0.717, 1.165) is 87.4 Å². The van der Waals surface area contributed by atoms with Crippen molar-refractivity contribution in [3.63, 3.8) is 0 Å². The summed E-state index contributed by atoms with van der Waals surface area (Å²) in [7, 11) is -3.01. The van der Waals surface area contributed by atoms with Gasteiger partial charge in [-0.25, -0.2) is 13.4 Å². The molecule has 2 aliphatic heterocycles. The highest BCUT2D eigenvalue weighted by molar-refractivity contribution is 7.91. The third-order valence-electron chi connectivity index (χ3n) is 9.94. The Balaban J connectivity index is 1.07. The van der Waals surface area contributed by atoms with Crippen LogP contribution in [0.15, 0.2) is 42.7 Å². The van der Waals surface area contributed by atoms with Gasteiger partial charge in [0.1, 0.15) is 15.7 Å². The van der Waals surface area contributed by atoms with Gasteiger partial charge in [0.2, 0.25) is 11.9 Å². The van der Waals surface area contributed by atoms with Gasteiger partial charge in [-0.05, 0) is 83.6 Å². The summed E-state index contributed by atoms with van der Waals surface area (Å²) in [6.07, 6.45) is 10.1. The van der Waals surface area contributed by atoms with Gasteiger partial charge in [-0.15, -0.1) is 0 Å². The van der Waals surface area contributed by atoms with Crippen molar-refractivity contribution in [3.05, 3.63) is 42.7 Å². The summed E-state index contributed by atoms with van der Waals surface area (Å²) < 4.78 is 26.2. The van der Waals surface area contributed by atoms with E-state index in [4.69, 9.17) is 4.98 Å². The summed E-state index contributed by atoms with van der Waals surface area (Å²) in [4.78, 5) is 29.5. The summed E-state index contributed by atoms with van der Waals surface area (Å²) in [5.41, 5.74) is 2.33. The molecule has 1 amide bonds. The highest BCUT2D eigenvalue weighted by Gasteiger charge is 2.33. The van der Waals surface area contributed by atoms with Crippen molar-refractivity contribution >= 4 is 38.3 Å². The van der Waals surface area contributed by atoms with Crippen LogP contribution in [-0.2, 0) is 14.6 Å². The normalized spacial score (nSPS) is 22.8. The molecule has 2 saturated heterocycles. The number of hydrogen-bond donors (Lipinski definition) is 1. The fourth-order valence-electron chi connectivity index (χ4n) is 7.23. The molecule has 1 aromatic carbocycles. The number of fused-ring (bicyclic) bond motifs is 1. The van der Waals surface area contributed by atoms with Crippen molar-refractivity contribution in [2.24, 2.45) is 5.92 Å². The molecule has 44 heavy (non-hydrogen) atoms. The number of anilines is 2. The van der Waals surface area contributed by atoms with Crippen LogP contribution in [0.1, 0.15) is 59.3 Å². The predicted molar refractivity (Wildman–Crippen MR) is 176 cm³/mol.